The highest BCUT2D eigenvalue weighted by Gasteiger charge is 2.48. The van der Waals surface area contributed by atoms with E-state index in [0.717, 1.165) is 0 Å². The molecule has 7 heteroatoms. The van der Waals surface area contributed by atoms with Gasteiger partial charge in [0.05, 0.1) is 0 Å². The van der Waals surface area contributed by atoms with Gasteiger partial charge in [-0.3, -0.25) is 0 Å². The zero-order chi connectivity index (χ0) is 18.3. The molecule has 0 aliphatic carbocycles. The molecule has 0 radical (unpaired) electrons. The number of benzene rings is 1. The minimum atomic E-state index is -2.39. The van der Waals surface area contributed by atoms with E-state index in [2.05, 4.69) is 51.8 Å². The normalized spacial score (nSPS) is 12.2. The average molecular weight is 350 g/mol. The van der Waals surface area contributed by atoms with E-state index in [1.54, 1.807) is 30.3 Å². The second kappa shape index (κ2) is 8.72. The SMILES string of the molecule is CC(C)[Si](OC(=O)/N=N/C(=O)Oc1ccccc1)(C(C)C)C(C)C. The van der Waals surface area contributed by atoms with E-state index in [4.69, 9.17) is 9.16 Å². The number of nitrogens with zero attached hydrogens (tertiary/aromatic N) is 2. The first-order valence-corrected chi connectivity index (χ1v) is 10.3. The average Bonchev–Trinajstić information content (AvgIpc) is 2.50. The molecule has 0 heterocycles. The minimum Gasteiger partial charge on any atom is -0.500 e. The number of hydrogen-bond donors (Lipinski definition) is 0. The lowest BCUT2D eigenvalue weighted by Gasteiger charge is -2.40. The Hall–Kier alpha value is -2.02. The maximum absolute atomic E-state index is 12.1. The molecule has 0 saturated heterocycles. The predicted molar refractivity (Wildman–Crippen MR) is 94.9 cm³/mol. The van der Waals surface area contributed by atoms with Crippen LogP contribution in [0.2, 0.25) is 16.6 Å². The Bertz CT molecular complexity index is 564. The van der Waals surface area contributed by atoms with Crippen LogP contribution in [0, 0.1) is 0 Å². The molecule has 0 aromatic heterocycles. The maximum atomic E-state index is 12.1. The van der Waals surface area contributed by atoms with Crippen LogP contribution < -0.4 is 4.74 Å². The number of hydrogen-bond acceptors (Lipinski definition) is 4. The van der Waals surface area contributed by atoms with E-state index in [9.17, 15) is 9.59 Å². The van der Waals surface area contributed by atoms with Gasteiger partial charge in [0.1, 0.15) is 5.75 Å². The molecule has 0 N–H and O–H groups in total. The zero-order valence-corrected chi connectivity index (χ0v) is 16.1. The van der Waals surface area contributed by atoms with Crippen molar-refractivity contribution in [3.63, 3.8) is 0 Å². The topological polar surface area (TPSA) is 77.3 Å². The molecule has 1 aromatic carbocycles. The van der Waals surface area contributed by atoms with Crippen LogP contribution in [0.5, 0.6) is 5.75 Å². The largest absolute Gasteiger partial charge is 0.500 e. The summed E-state index contributed by atoms with van der Waals surface area (Å²) in [7, 11) is -2.39. The number of amides is 2. The van der Waals surface area contributed by atoms with Crippen LogP contribution in [0.25, 0.3) is 0 Å². The highest BCUT2D eigenvalue weighted by molar-refractivity contribution is 6.78. The van der Waals surface area contributed by atoms with Crippen molar-refractivity contribution >= 4 is 20.5 Å². The van der Waals surface area contributed by atoms with E-state index < -0.39 is 20.5 Å². The van der Waals surface area contributed by atoms with Gasteiger partial charge in [0.25, 0.3) is 8.32 Å². The Morgan fingerprint density at radius 3 is 1.75 bits per heavy atom. The van der Waals surface area contributed by atoms with Gasteiger partial charge >= 0.3 is 12.2 Å². The Morgan fingerprint density at radius 2 is 1.29 bits per heavy atom. The number of para-hydroxylation sites is 1. The molecule has 2 amide bonds. The van der Waals surface area contributed by atoms with Gasteiger partial charge in [-0.25, -0.2) is 9.59 Å². The number of carbonyl (C=O) groups is 2. The fraction of sp³-hybridized carbons (Fsp3) is 0.529. The maximum Gasteiger partial charge on any atom is 0.458 e. The van der Waals surface area contributed by atoms with Crippen molar-refractivity contribution in [1.82, 2.24) is 0 Å². The second-order valence-corrected chi connectivity index (χ2v) is 11.9. The molecule has 6 nitrogen and oxygen atoms in total. The van der Waals surface area contributed by atoms with Crippen LogP contribution in [-0.2, 0) is 4.43 Å². The molecular formula is C17H26N2O4Si. The monoisotopic (exact) mass is 350 g/mol. The molecule has 0 fully saturated rings. The molecule has 0 aliphatic rings. The van der Waals surface area contributed by atoms with Crippen molar-refractivity contribution in [2.24, 2.45) is 10.2 Å². The highest BCUT2D eigenvalue weighted by atomic mass is 28.4. The quantitative estimate of drug-likeness (QED) is 0.485. The Balaban J connectivity index is 2.77. The standard InChI is InChI=1S/C17H26N2O4Si/c1-12(2)24(13(3)4,14(5)6)23-17(21)19-18-16(20)22-15-10-8-7-9-11-15/h7-14H,1-6H3/b19-18+. The molecule has 132 valence electrons. The van der Waals surface area contributed by atoms with E-state index >= 15 is 0 Å². The Morgan fingerprint density at radius 1 is 0.833 bits per heavy atom. The predicted octanol–water partition coefficient (Wildman–Crippen LogP) is 5.95. The van der Waals surface area contributed by atoms with Gasteiger partial charge in [-0.2, -0.15) is 0 Å². The van der Waals surface area contributed by atoms with Crippen LogP contribution >= 0.6 is 0 Å². The van der Waals surface area contributed by atoms with Crippen LogP contribution in [-0.4, -0.2) is 20.5 Å². The van der Waals surface area contributed by atoms with Crippen molar-refractivity contribution < 1.29 is 18.8 Å². The fourth-order valence-electron chi connectivity index (χ4n) is 3.22. The molecule has 0 bridgehead atoms. The van der Waals surface area contributed by atoms with Crippen molar-refractivity contribution in [3.8, 4) is 5.75 Å². The molecular weight excluding hydrogens is 324 g/mol. The van der Waals surface area contributed by atoms with Gasteiger partial charge in [0.15, 0.2) is 0 Å². The lowest BCUT2D eigenvalue weighted by Crippen LogP contribution is -2.48. The van der Waals surface area contributed by atoms with Crippen molar-refractivity contribution in [3.05, 3.63) is 30.3 Å². The summed E-state index contributed by atoms with van der Waals surface area (Å²) < 4.78 is 10.7. The summed E-state index contributed by atoms with van der Waals surface area (Å²) in [5, 5.41) is 6.67. The van der Waals surface area contributed by atoms with Gasteiger partial charge in [-0.05, 0) is 28.8 Å². The minimum absolute atomic E-state index is 0.230. The highest BCUT2D eigenvalue weighted by Crippen LogP contribution is 2.42. The summed E-state index contributed by atoms with van der Waals surface area (Å²) in [6.07, 6.45) is -1.79. The van der Waals surface area contributed by atoms with Gasteiger partial charge in [-0.15, -0.1) is 0 Å². The van der Waals surface area contributed by atoms with Crippen LogP contribution in [0.15, 0.2) is 40.6 Å². The summed E-state index contributed by atoms with van der Waals surface area (Å²) in [6.45, 7) is 12.3. The van der Waals surface area contributed by atoms with Crippen LogP contribution in [0.1, 0.15) is 41.5 Å². The van der Waals surface area contributed by atoms with E-state index in [-0.39, 0.29) is 16.6 Å². The molecule has 0 unspecified atom stereocenters. The van der Waals surface area contributed by atoms with Gasteiger partial charge in [-0.1, -0.05) is 70.0 Å². The van der Waals surface area contributed by atoms with Crippen molar-refractivity contribution in [2.75, 3.05) is 0 Å². The van der Waals surface area contributed by atoms with Gasteiger partial charge in [0.2, 0.25) is 0 Å². The first kappa shape index (κ1) is 20.0. The summed E-state index contributed by atoms with van der Waals surface area (Å²) in [5.74, 6) is 0.338. The molecule has 1 rings (SSSR count). The lowest BCUT2D eigenvalue weighted by atomic mass is 10.3. The third kappa shape index (κ3) is 4.99. The first-order valence-electron chi connectivity index (χ1n) is 8.11. The lowest BCUT2D eigenvalue weighted by molar-refractivity contribution is 0.196. The molecule has 0 spiro atoms. The molecule has 0 aliphatic heterocycles. The van der Waals surface area contributed by atoms with Gasteiger partial charge in [0, 0.05) is 0 Å². The number of ether oxygens (including phenoxy) is 1. The van der Waals surface area contributed by atoms with Crippen molar-refractivity contribution in [2.45, 2.75) is 58.2 Å². The van der Waals surface area contributed by atoms with E-state index in [1.807, 2.05) is 0 Å². The first-order chi connectivity index (χ1) is 11.2. The third-order valence-electron chi connectivity index (χ3n) is 4.13. The summed E-state index contributed by atoms with van der Waals surface area (Å²) in [6, 6.07) is 8.47. The summed E-state index contributed by atoms with van der Waals surface area (Å²) in [5.41, 5.74) is 0.689. The van der Waals surface area contributed by atoms with Crippen LogP contribution in [0.4, 0.5) is 9.59 Å². The summed E-state index contributed by atoms with van der Waals surface area (Å²) >= 11 is 0. The number of carbonyl (C=O) groups excluding carboxylic acids is 2. The number of rotatable bonds is 5. The Labute approximate surface area is 144 Å². The molecule has 0 saturated carbocycles. The zero-order valence-electron chi connectivity index (χ0n) is 15.1. The second-order valence-electron chi connectivity index (χ2n) is 6.57. The smallest absolute Gasteiger partial charge is 0.458 e. The Kier molecular flexibility index (Phi) is 7.28. The fourth-order valence-corrected chi connectivity index (χ4v) is 8.27. The van der Waals surface area contributed by atoms with Crippen molar-refractivity contribution in [1.29, 1.82) is 0 Å². The molecule has 24 heavy (non-hydrogen) atoms. The summed E-state index contributed by atoms with van der Waals surface area (Å²) in [4.78, 5) is 23.7. The van der Waals surface area contributed by atoms with Gasteiger partial charge < -0.3 is 9.16 Å². The third-order valence-corrected chi connectivity index (χ3v) is 10.1. The molecule has 1 aromatic rings. The number of azo groups is 1. The van der Waals surface area contributed by atoms with E-state index in [1.165, 1.54) is 0 Å². The molecule has 0 atom stereocenters. The van der Waals surface area contributed by atoms with E-state index in [0.29, 0.717) is 5.75 Å². The van der Waals surface area contributed by atoms with Crippen LogP contribution in [0.3, 0.4) is 0 Å².